The molecule has 0 heterocycles. The van der Waals surface area contributed by atoms with Gasteiger partial charge in [0.2, 0.25) is 5.91 Å². The number of carbonyl (C=O) groups is 2. The Morgan fingerprint density at radius 2 is 1.57 bits per heavy atom. The number of nitrogens with one attached hydrogen (secondary N) is 2. The number of benzene rings is 3. The third-order valence-corrected chi connectivity index (χ3v) is 7.13. The average Bonchev–Trinajstić information content (AvgIpc) is 2.82. The molecular weight excluding hydrogens is 462 g/mol. The number of anilines is 2. The van der Waals surface area contributed by atoms with E-state index in [-0.39, 0.29) is 16.7 Å². The Kier molecular flexibility index (Phi) is 8.30. The first-order valence-electron chi connectivity index (χ1n) is 11.4. The van der Waals surface area contributed by atoms with E-state index in [1.54, 1.807) is 48.5 Å². The summed E-state index contributed by atoms with van der Waals surface area (Å²) < 4.78 is 28.2. The van der Waals surface area contributed by atoms with Gasteiger partial charge in [-0.3, -0.25) is 13.9 Å². The Morgan fingerprint density at radius 3 is 2.23 bits per heavy atom. The lowest BCUT2D eigenvalue weighted by atomic mass is 10.1. The van der Waals surface area contributed by atoms with E-state index in [9.17, 15) is 18.0 Å². The molecule has 0 radical (unpaired) electrons. The van der Waals surface area contributed by atoms with Crippen LogP contribution in [0.2, 0.25) is 0 Å². The van der Waals surface area contributed by atoms with Crippen molar-refractivity contribution in [3.05, 3.63) is 89.5 Å². The summed E-state index contributed by atoms with van der Waals surface area (Å²) in [5.41, 5.74) is 2.75. The molecule has 7 nitrogen and oxygen atoms in total. The Hall–Kier alpha value is -3.65. The molecule has 0 spiro atoms. The summed E-state index contributed by atoms with van der Waals surface area (Å²) in [4.78, 5) is 25.9. The second-order valence-corrected chi connectivity index (χ2v) is 10.7. The molecule has 3 aromatic carbocycles. The highest BCUT2D eigenvalue weighted by atomic mass is 32.2. The van der Waals surface area contributed by atoms with Crippen molar-refractivity contribution in [1.82, 2.24) is 5.32 Å². The van der Waals surface area contributed by atoms with Crippen LogP contribution in [0.15, 0.2) is 77.7 Å². The molecule has 0 aromatic heterocycles. The van der Waals surface area contributed by atoms with Crippen LogP contribution < -0.4 is 14.9 Å². The molecule has 35 heavy (non-hydrogen) atoms. The first-order chi connectivity index (χ1) is 16.6. The Morgan fingerprint density at radius 1 is 0.914 bits per heavy atom. The van der Waals surface area contributed by atoms with E-state index >= 15 is 0 Å². The lowest BCUT2D eigenvalue weighted by molar-refractivity contribution is -0.114. The van der Waals surface area contributed by atoms with E-state index in [0.29, 0.717) is 23.5 Å². The molecule has 0 aliphatic heterocycles. The van der Waals surface area contributed by atoms with Crippen molar-refractivity contribution < 1.29 is 18.0 Å². The number of sulfonamides is 1. The van der Waals surface area contributed by atoms with Gasteiger partial charge in [-0.25, -0.2) is 8.42 Å². The Balaban J connectivity index is 1.92. The van der Waals surface area contributed by atoms with Crippen LogP contribution in [-0.2, 0) is 14.8 Å². The van der Waals surface area contributed by atoms with Gasteiger partial charge in [0.05, 0.1) is 21.8 Å². The van der Waals surface area contributed by atoms with Crippen molar-refractivity contribution in [1.29, 1.82) is 0 Å². The standard InChI is InChI=1S/C27H31N3O4S/c1-19(2)17-28-27(32)23-12-8-9-13-24(23)29-26(31)18-30(25-15-14-20(3)16-21(25)4)35(33,34)22-10-6-5-7-11-22/h5-16,19H,17-18H2,1-4H3,(H,28,32)(H,29,31). The molecule has 2 N–H and O–H groups in total. The zero-order valence-corrected chi connectivity index (χ0v) is 21.2. The van der Waals surface area contributed by atoms with Gasteiger partial charge in [0.25, 0.3) is 15.9 Å². The van der Waals surface area contributed by atoms with E-state index in [4.69, 9.17) is 0 Å². The van der Waals surface area contributed by atoms with Crippen LogP contribution in [0.4, 0.5) is 11.4 Å². The first kappa shape index (κ1) is 26.0. The van der Waals surface area contributed by atoms with Crippen molar-refractivity contribution >= 4 is 33.2 Å². The fraction of sp³-hybridized carbons (Fsp3) is 0.259. The smallest absolute Gasteiger partial charge is 0.264 e. The summed E-state index contributed by atoms with van der Waals surface area (Å²) in [6, 6.07) is 20.0. The summed E-state index contributed by atoms with van der Waals surface area (Å²) in [5.74, 6) is -0.596. The highest BCUT2D eigenvalue weighted by molar-refractivity contribution is 7.92. The second-order valence-electron chi connectivity index (χ2n) is 8.81. The molecule has 0 aliphatic carbocycles. The maximum Gasteiger partial charge on any atom is 0.264 e. The Labute approximate surface area is 207 Å². The number of hydrogen-bond acceptors (Lipinski definition) is 4. The van der Waals surface area contributed by atoms with Crippen molar-refractivity contribution in [2.24, 2.45) is 5.92 Å². The molecule has 0 bridgehead atoms. The van der Waals surface area contributed by atoms with Gasteiger partial charge >= 0.3 is 0 Å². The normalized spacial score (nSPS) is 11.2. The summed E-state index contributed by atoms with van der Waals surface area (Å²) in [7, 11) is -4.03. The number of rotatable bonds is 9. The summed E-state index contributed by atoms with van der Waals surface area (Å²) in [6.45, 7) is 7.74. The number of nitrogens with zero attached hydrogens (tertiary/aromatic N) is 1. The minimum absolute atomic E-state index is 0.0845. The van der Waals surface area contributed by atoms with Crippen LogP contribution in [0.5, 0.6) is 0 Å². The van der Waals surface area contributed by atoms with Gasteiger partial charge in [-0.1, -0.05) is 61.9 Å². The number of hydrogen-bond donors (Lipinski definition) is 2. The number of para-hydroxylation sites is 1. The quantitative estimate of drug-likeness (QED) is 0.458. The second kappa shape index (κ2) is 11.2. The SMILES string of the molecule is Cc1ccc(N(CC(=O)Nc2ccccc2C(=O)NCC(C)C)S(=O)(=O)c2ccccc2)c(C)c1. The molecule has 2 amide bonds. The van der Waals surface area contributed by atoms with Crippen molar-refractivity contribution in [2.45, 2.75) is 32.6 Å². The lowest BCUT2D eigenvalue weighted by Crippen LogP contribution is -2.39. The summed E-state index contributed by atoms with van der Waals surface area (Å²) in [5, 5.41) is 5.57. The van der Waals surface area contributed by atoms with Crippen LogP contribution in [0.25, 0.3) is 0 Å². The van der Waals surface area contributed by atoms with Crippen molar-refractivity contribution in [3.63, 3.8) is 0 Å². The minimum atomic E-state index is -4.03. The van der Waals surface area contributed by atoms with Gasteiger partial charge in [-0.2, -0.15) is 0 Å². The molecule has 0 unspecified atom stereocenters. The number of amides is 2. The van der Waals surface area contributed by atoms with Crippen molar-refractivity contribution in [3.8, 4) is 0 Å². The van der Waals surface area contributed by atoms with E-state index < -0.39 is 22.5 Å². The third-order valence-electron chi connectivity index (χ3n) is 5.36. The molecule has 0 saturated carbocycles. The Bertz CT molecular complexity index is 1310. The van der Waals surface area contributed by atoms with Gasteiger partial charge in [0, 0.05) is 6.54 Å². The fourth-order valence-electron chi connectivity index (χ4n) is 3.61. The van der Waals surface area contributed by atoms with Crippen LogP contribution in [0.1, 0.15) is 35.3 Å². The van der Waals surface area contributed by atoms with Crippen LogP contribution in [-0.4, -0.2) is 33.3 Å². The van der Waals surface area contributed by atoms with E-state index in [1.807, 2.05) is 39.8 Å². The van der Waals surface area contributed by atoms with Gasteiger partial charge in [-0.05, 0) is 55.7 Å². The maximum absolute atomic E-state index is 13.6. The fourth-order valence-corrected chi connectivity index (χ4v) is 5.11. The molecule has 0 atom stereocenters. The van der Waals surface area contributed by atoms with Crippen LogP contribution >= 0.6 is 0 Å². The lowest BCUT2D eigenvalue weighted by Gasteiger charge is -2.26. The molecule has 8 heteroatoms. The minimum Gasteiger partial charge on any atom is -0.352 e. The van der Waals surface area contributed by atoms with Crippen molar-refractivity contribution in [2.75, 3.05) is 22.7 Å². The predicted molar refractivity (Wildman–Crippen MR) is 139 cm³/mol. The topological polar surface area (TPSA) is 95.6 Å². The van der Waals surface area contributed by atoms with Gasteiger partial charge in [0.1, 0.15) is 6.54 Å². The van der Waals surface area contributed by atoms with Gasteiger partial charge < -0.3 is 10.6 Å². The molecule has 0 saturated heterocycles. The first-order valence-corrected chi connectivity index (χ1v) is 12.9. The largest absolute Gasteiger partial charge is 0.352 e. The maximum atomic E-state index is 13.6. The molecule has 0 aliphatic rings. The van der Waals surface area contributed by atoms with E-state index in [1.165, 1.54) is 12.1 Å². The third kappa shape index (κ3) is 6.48. The zero-order valence-electron chi connectivity index (χ0n) is 20.4. The molecule has 3 aromatic rings. The highest BCUT2D eigenvalue weighted by Crippen LogP contribution is 2.28. The van der Waals surface area contributed by atoms with Crippen LogP contribution in [0.3, 0.4) is 0 Å². The summed E-state index contributed by atoms with van der Waals surface area (Å²) in [6.07, 6.45) is 0. The molecule has 0 fully saturated rings. The van der Waals surface area contributed by atoms with Crippen LogP contribution in [0, 0.1) is 19.8 Å². The zero-order chi connectivity index (χ0) is 25.6. The van der Waals surface area contributed by atoms with E-state index in [2.05, 4.69) is 10.6 Å². The predicted octanol–water partition coefficient (Wildman–Crippen LogP) is 4.52. The number of aryl methyl sites for hydroxylation is 2. The monoisotopic (exact) mass is 493 g/mol. The highest BCUT2D eigenvalue weighted by Gasteiger charge is 2.28. The van der Waals surface area contributed by atoms with Gasteiger partial charge in [-0.15, -0.1) is 0 Å². The number of carbonyl (C=O) groups excluding carboxylic acids is 2. The van der Waals surface area contributed by atoms with E-state index in [0.717, 1.165) is 15.4 Å². The average molecular weight is 494 g/mol. The van der Waals surface area contributed by atoms with Gasteiger partial charge in [0.15, 0.2) is 0 Å². The molecule has 184 valence electrons. The summed E-state index contributed by atoms with van der Waals surface area (Å²) >= 11 is 0. The molecular formula is C27H31N3O4S. The molecule has 3 rings (SSSR count).